The third-order valence-electron chi connectivity index (χ3n) is 5.59. The first-order valence-electron chi connectivity index (χ1n) is 11.2. The smallest absolute Gasteiger partial charge is 0.257 e. The Balaban J connectivity index is 0.00000228. The highest BCUT2D eigenvalue weighted by atomic mass is 16.2. The maximum absolute atomic E-state index is 12.8. The van der Waals surface area contributed by atoms with Crippen LogP contribution in [0.25, 0.3) is 16.6 Å². The van der Waals surface area contributed by atoms with Crippen LogP contribution in [-0.2, 0) is 4.79 Å². The van der Waals surface area contributed by atoms with E-state index in [4.69, 9.17) is 5.73 Å². The predicted octanol–water partition coefficient (Wildman–Crippen LogP) is 3.37. The lowest BCUT2D eigenvalue weighted by Crippen LogP contribution is -2.36. The molecule has 10 nitrogen and oxygen atoms in total. The van der Waals surface area contributed by atoms with Crippen LogP contribution in [0.15, 0.2) is 48.0 Å². The molecular formula is C24H34N8O2. The molecule has 1 fully saturated rings. The summed E-state index contributed by atoms with van der Waals surface area (Å²) >= 11 is 0. The van der Waals surface area contributed by atoms with E-state index >= 15 is 0 Å². The van der Waals surface area contributed by atoms with Crippen LogP contribution in [0, 0.1) is 0 Å². The van der Waals surface area contributed by atoms with Crippen molar-refractivity contribution in [3.8, 4) is 0 Å². The van der Waals surface area contributed by atoms with E-state index in [9.17, 15) is 9.59 Å². The summed E-state index contributed by atoms with van der Waals surface area (Å²) in [5, 5.41) is 6.44. The van der Waals surface area contributed by atoms with Crippen molar-refractivity contribution in [1.82, 2.24) is 19.9 Å². The number of allylic oxidation sites excluding steroid dienone is 1. The first-order chi connectivity index (χ1) is 16.6. The summed E-state index contributed by atoms with van der Waals surface area (Å²) in [6, 6.07) is 5.29. The number of piperidine rings is 1. The molecule has 2 amide bonds. The zero-order chi connectivity index (χ0) is 23.9. The summed E-state index contributed by atoms with van der Waals surface area (Å²) in [6.07, 6.45) is 11.1. The number of aromatic amines is 1. The number of pyridine rings is 2. The lowest BCUT2D eigenvalue weighted by molar-refractivity contribution is -0.117. The fourth-order valence-electron chi connectivity index (χ4n) is 3.94. The quantitative estimate of drug-likeness (QED) is 0.393. The summed E-state index contributed by atoms with van der Waals surface area (Å²) < 4.78 is 0. The Morgan fingerprint density at radius 2 is 1.91 bits per heavy atom. The van der Waals surface area contributed by atoms with Gasteiger partial charge in [0.05, 0.1) is 41.6 Å². The van der Waals surface area contributed by atoms with E-state index in [0.29, 0.717) is 29.1 Å². The van der Waals surface area contributed by atoms with Crippen LogP contribution in [0.3, 0.4) is 0 Å². The normalized spacial score (nSPS) is 15.0. The molecule has 3 aromatic heterocycles. The second-order valence-electron chi connectivity index (χ2n) is 8.16. The molecule has 0 saturated carbocycles. The maximum atomic E-state index is 12.8. The van der Waals surface area contributed by atoms with Crippen molar-refractivity contribution < 1.29 is 13.9 Å². The van der Waals surface area contributed by atoms with E-state index in [1.54, 1.807) is 31.6 Å². The number of hydrogen-bond acceptors (Lipinski definition) is 7. The Labute approximate surface area is 201 Å². The SMILES string of the molecule is CN=C/C(=C\N)c1cc2cc(C(=O)Nc3cncc(NC(=O)CN4CCCCC4)c3)cnc2[nH]1.[HH].[HH].[HH]. The van der Waals surface area contributed by atoms with Crippen molar-refractivity contribution in [3.63, 3.8) is 0 Å². The van der Waals surface area contributed by atoms with E-state index in [-0.39, 0.29) is 16.1 Å². The molecule has 4 heterocycles. The number of nitrogens with one attached hydrogen (secondary N) is 3. The summed E-state index contributed by atoms with van der Waals surface area (Å²) in [6.45, 7) is 2.24. The average molecular weight is 467 g/mol. The molecule has 10 heteroatoms. The van der Waals surface area contributed by atoms with E-state index in [1.165, 1.54) is 25.0 Å². The second kappa shape index (κ2) is 10.7. The Hall–Kier alpha value is -4.05. The van der Waals surface area contributed by atoms with Crippen LogP contribution in [0.4, 0.5) is 11.4 Å². The van der Waals surface area contributed by atoms with Crippen LogP contribution >= 0.6 is 0 Å². The number of hydrogen-bond donors (Lipinski definition) is 4. The molecule has 4 rings (SSSR count). The minimum atomic E-state index is -0.333. The van der Waals surface area contributed by atoms with Crippen molar-refractivity contribution in [1.29, 1.82) is 0 Å². The van der Waals surface area contributed by atoms with Gasteiger partial charge in [0.1, 0.15) is 5.65 Å². The first-order valence-corrected chi connectivity index (χ1v) is 11.2. The summed E-state index contributed by atoms with van der Waals surface area (Å²) in [5.74, 6) is -0.426. The average Bonchev–Trinajstić information content (AvgIpc) is 3.26. The Kier molecular flexibility index (Phi) is 7.28. The summed E-state index contributed by atoms with van der Waals surface area (Å²) in [4.78, 5) is 43.0. The number of anilines is 2. The topological polar surface area (TPSA) is 141 Å². The number of fused-ring (bicyclic) bond motifs is 1. The number of nitrogens with two attached hydrogens (primary N) is 1. The lowest BCUT2D eigenvalue weighted by atomic mass is 10.1. The predicted molar refractivity (Wildman–Crippen MR) is 140 cm³/mol. The molecule has 0 spiro atoms. The monoisotopic (exact) mass is 466 g/mol. The van der Waals surface area contributed by atoms with E-state index in [0.717, 1.165) is 42.6 Å². The van der Waals surface area contributed by atoms with Gasteiger partial charge in [-0.15, -0.1) is 0 Å². The zero-order valence-electron chi connectivity index (χ0n) is 19.0. The van der Waals surface area contributed by atoms with Gasteiger partial charge in [0, 0.05) is 40.9 Å². The van der Waals surface area contributed by atoms with Gasteiger partial charge in [-0.2, -0.15) is 0 Å². The number of carbonyl (C=O) groups excluding carboxylic acids is 2. The van der Waals surface area contributed by atoms with Crippen LogP contribution < -0.4 is 16.4 Å². The number of H-pyrrole nitrogens is 1. The molecule has 1 saturated heterocycles. The van der Waals surface area contributed by atoms with Crippen LogP contribution in [0.5, 0.6) is 0 Å². The fraction of sp³-hybridized carbons (Fsp3) is 0.292. The van der Waals surface area contributed by atoms with E-state index in [1.807, 2.05) is 6.07 Å². The Morgan fingerprint density at radius 3 is 2.65 bits per heavy atom. The number of rotatable bonds is 7. The van der Waals surface area contributed by atoms with Gasteiger partial charge in [-0.25, -0.2) is 4.98 Å². The van der Waals surface area contributed by atoms with Gasteiger partial charge in [0.2, 0.25) is 5.91 Å². The van der Waals surface area contributed by atoms with Gasteiger partial charge in [-0.3, -0.25) is 24.5 Å². The number of carbonyl (C=O) groups is 2. The highest BCUT2D eigenvalue weighted by molar-refractivity contribution is 6.10. The van der Waals surface area contributed by atoms with E-state index in [2.05, 4.69) is 35.5 Å². The molecule has 34 heavy (non-hydrogen) atoms. The van der Waals surface area contributed by atoms with Crippen molar-refractivity contribution in [2.75, 3.05) is 37.3 Å². The molecule has 0 unspecified atom stereocenters. The van der Waals surface area contributed by atoms with Gasteiger partial charge in [0.25, 0.3) is 5.91 Å². The summed E-state index contributed by atoms with van der Waals surface area (Å²) in [5.41, 5.74) is 9.18. The highest BCUT2D eigenvalue weighted by Crippen LogP contribution is 2.20. The first kappa shape index (κ1) is 23.1. The molecule has 1 aliphatic rings. The van der Waals surface area contributed by atoms with Gasteiger partial charge in [0.15, 0.2) is 0 Å². The molecule has 0 radical (unpaired) electrons. The minimum Gasteiger partial charge on any atom is -0.404 e. The van der Waals surface area contributed by atoms with Gasteiger partial charge in [-0.05, 0) is 44.1 Å². The van der Waals surface area contributed by atoms with Crippen molar-refractivity contribution in [2.45, 2.75) is 19.3 Å². The number of amides is 2. The molecule has 0 atom stereocenters. The Morgan fingerprint density at radius 1 is 1.15 bits per heavy atom. The molecule has 5 N–H and O–H groups in total. The van der Waals surface area contributed by atoms with Crippen LogP contribution in [0.2, 0.25) is 0 Å². The molecular weight excluding hydrogens is 432 g/mol. The third kappa shape index (κ3) is 5.65. The standard InChI is InChI=1S/C24H28N8O2.3H2/c1-26-11-18(10-25)21-8-16-7-17(12-28-23(16)31-21)24(34)30-20-9-19(13-27-14-20)29-22(33)15-32-5-3-2-4-6-32;;;/h7-14H,2-6,15,25H2,1H3,(H,28,31)(H,29,33)(H,30,34);3*1H/b18-10+,26-11?;;;. The minimum absolute atomic E-state index is 0. The largest absolute Gasteiger partial charge is 0.404 e. The lowest BCUT2D eigenvalue weighted by Gasteiger charge is -2.25. The summed E-state index contributed by atoms with van der Waals surface area (Å²) in [7, 11) is 1.66. The van der Waals surface area contributed by atoms with Crippen molar-refractivity contribution in [2.24, 2.45) is 10.7 Å². The molecule has 0 aliphatic carbocycles. The number of aromatic nitrogens is 3. The number of likely N-dealkylation sites (tertiary alicyclic amines) is 1. The van der Waals surface area contributed by atoms with Crippen molar-refractivity contribution in [3.05, 3.63) is 54.2 Å². The van der Waals surface area contributed by atoms with Crippen LogP contribution in [0.1, 0.15) is 39.6 Å². The third-order valence-corrected chi connectivity index (χ3v) is 5.59. The van der Waals surface area contributed by atoms with Gasteiger partial charge >= 0.3 is 0 Å². The maximum Gasteiger partial charge on any atom is 0.257 e. The second-order valence-corrected chi connectivity index (χ2v) is 8.16. The number of aliphatic imine (C=N–C) groups is 1. The Bertz CT molecular complexity index is 1260. The van der Waals surface area contributed by atoms with Gasteiger partial charge in [-0.1, -0.05) is 6.42 Å². The highest BCUT2D eigenvalue weighted by Gasteiger charge is 2.15. The van der Waals surface area contributed by atoms with E-state index < -0.39 is 0 Å². The molecule has 0 bridgehead atoms. The molecule has 1 aliphatic heterocycles. The zero-order valence-corrected chi connectivity index (χ0v) is 19.0. The molecule has 0 aromatic carbocycles. The number of nitrogens with zero attached hydrogens (tertiary/aromatic N) is 4. The van der Waals surface area contributed by atoms with Crippen molar-refractivity contribution >= 4 is 46.0 Å². The van der Waals surface area contributed by atoms with Crippen LogP contribution in [-0.4, -0.2) is 64.6 Å². The fourth-order valence-corrected chi connectivity index (χ4v) is 3.94. The molecule has 182 valence electrons. The molecule has 3 aromatic rings. The van der Waals surface area contributed by atoms with Gasteiger partial charge < -0.3 is 21.4 Å².